The van der Waals surface area contributed by atoms with E-state index in [2.05, 4.69) is 20.6 Å². The molecule has 0 spiro atoms. The van der Waals surface area contributed by atoms with Crippen molar-refractivity contribution < 1.29 is 29.0 Å². The molecule has 1 atom stereocenters. The summed E-state index contributed by atoms with van der Waals surface area (Å²) in [6.07, 6.45) is -0.918. The molecule has 4 aromatic rings. The van der Waals surface area contributed by atoms with Crippen LogP contribution in [-0.2, 0) is 22.5 Å². The maximum absolute atomic E-state index is 13.8. The number of esters is 1. The number of carboxylic acid groups (broad SMARTS) is 1. The molecule has 0 bridgehead atoms. The number of benzene rings is 3. The van der Waals surface area contributed by atoms with Crippen molar-refractivity contribution in [2.24, 2.45) is 0 Å². The Balaban J connectivity index is 1.41. The van der Waals surface area contributed by atoms with Gasteiger partial charge in [0.05, 0.1) is 12.7 Å². The molecule has 5 rings (SSSR count). The van der Waals surface area contributed by atoms with Gasteiger partial charge in [0.1, 0.15) is 17.6 Å². The average Bonchev–Trinajstić information content (AvgIpc) is 3.10. The molecule has 1 fully saturated rings. The second-order valence-electron chi connectivity index (χ2n) is 10.7. The second kappa shape index (κ2) is 14.8. The Morgan fingerprint density at radius 2 is 1.46 bits per heavy atom. The van der Waals surface area contributed by atoms with Crippen molar-refractivity contribution in [3.8, 4) is 11.4 Å². The van der Waals surface area contributed by atoms with Gasteiger partial charge < -0.3 is 30.3 Å². The van der Waals surface area contributed by atoms with E-state index in [1.807, 2.05) is 60.7 Å². The Bertz CT molecular complexity index is 1680. The fourth-order valence-electron chi connectivity index (χ4n) is 5.06. The van der Waals surface area contributed by atoms with Crippen LogP contribution >= 0.6 is 0 Å². The van der Waals surface area contributed by atoms with Crippen molar-refractivity contribution in [2.45, 2.75) is 19.0 Å². The highest BCUT2D eigenvalue weighted by Crippen LogP contribution is 2.19. The number of carbonyl (C=O) groups is 4. The first-order valence-corrected chi connectivity index (χ1v) is 14.8. The van der Waals surface area contributed by atoms with Gasteiger partial charge in [-0.05, 0) is 23.3 Å². The molecule has 1 saturated heterocycles. The predicted molar refractivity (Wildman–Crippen MR) is 170 cm³/mol. The van der Waals surface area contributed by atoms with Gasteiger partial charge in [-0.2, -0.15) is 0 Å². The Hall–Kier alpha value is -5.78. The van der Waals surface area contributed by atoms with Crippen LogP contribution in [0, 0.1) is 0 Å². The van der Waals surface area contributed by atoms with Gasteiger partial charge in [-0.25, -0.2) is 19.6 Å². The lowest BCUT2D eigenvalue weighted by Gasteiger charge is -2.35. The van der Waals surface area contributed by atoms with E-state index >= 15 is 0 Å². The maximum atomic E-state index is 13.8. The molecule has 236 valence electrons. The number of anilines is 1. The number of methoxy groups -OCH3 is 1. The van der Waals surface area contributed by atoms with E-state index in [0.29, 0.717) is 29.3 Å². The summed E-state index contributed by atoms with van der Waals surface area (Å²) in [5.41, 5.74) is 2.87. The quantitative estimate of drug-likeness (QED) is 0.225. The molecule has 2 heterocycles. The van der Waals surface area contributed by atoms with Gasteiger partial charge >= 0.3 is 12.1 Å². The Morgan fingerprint density at radius 3 is 2.09 bits per heavy atom. The van der Waals surface area contributed by atoms with Gasteiger partial charge in [-0.1, -0.05) is 72.8 Å². The predicted octanol–water partition coefficient (Wildman–Crippen LogP) is 3.71. The Morgan fingerprint density at radius 1 is 0.826 bits per heavy atom. The third kappa shape index (κ3) is 8.03. The first-order chi connectivity index (χ1) is 22.3. The largest absolute Gasteiger partial charge is 0.465 e. The summed E-state index contributed by atoms with van der Waals surface area (Å²) in [5.74, 6) is -0.631. The van der Waals surface area contributed by atoms with Crippen molar-refractivity contribution >= 4 is 29.7 Å². The summed E-state index contributed by atoms with van der Waals surface area (Å²) >= 11 is 0. The van der Waals surface area contributed by atoms with Crippen molar-refractivity contribution in [3.05, 3.63) is 113 Å². The number of aromatic nitrogens is 2. The van der Waals surface area contributed by atoms with Gasteiger partial charge in [-0.15, -0.1) is 0 Å². The minimum Gasteiger partial charge on any atom is -0.465 e. The number of nitrogens with zero attached hydrogens (tertiary/aromatic N) is 4. The SMILES string of the molecule is COC(=O)c1ccc(CC(NC(=O)c2cc(NCc3ccccc3)nc(-c3ccccc3)n2)C(=O)N2CCN(C(=O)O)CC2)cc1. The van der Waals surface area contributed by atoms with Crippen LogP contribution in [-0.4, -0.2) is 88.1 Å². The highest BCUT2D eigenvalue weighted by Gasteiger charge is 2.31. The zero-order valence-electron chi connectivity index (χ0n) is 25.3. The molecule has 1 aromatic heterocycles. The first-order valence-electron chi connectivity index (χ1n) is 14.8. The van der Waals surface area contributed by atoms with Crippen molar-refractivity contribution in [1.82, 2.24) is 25.1 Å². The van der Waals surface area contributed by atoms with E-state index in [1.54, 1.807) is 35.2 Å². The summed E-state index contributed by atoms with van der Waals surface area (Å²) in [4.78, 5) is 62.9. The molecule has 1 aliphatic rings. The smallest absolute Gasteiger partial charge is 0.407 e. The molecular formula is C34H34N6O6. The zero-order valence-corrected chi connectivity index (χ0v) is 25.3. The summed E-state index contributed by atoms with van der Waals surface area (Å²) in [5, 5.41) is 15.5. The molecular weight excluding hydrogens is 588 g/mol. The minimum absolute atomic E-state index is 0.0685. The molecule has 46 heavy (non-hydrogen) atoms. The molecule has 12 heteroatoms. The normalized spacial score (nSPS) is 13.4. The van der Waals surface area contributed by atoms with Gasteiger partial charge in [0.2, 0.25) is 5.91 Å². The van der Waals surface area contributed by atoms with Crippen LogP contribution in [0.2, 0.25) is 0 Å². The molecule has 0 aliphatic carbocycles. The molecule has 3 amide bonds. The fraction of sp³-hybridized carbons (Fsp3) is 0.235. The third-order valence-electron chi connectivity index (χ3n) is 7.59. The number of ether oxygens (including phenoxy) is 1. The molecule has 0 saturated carbocycles. The maximum Gasteiger partial charge on any atom is 0.407 e. The lowest BCUT2D eigenvalue weighted by Crippen LogP contribution is -2.56. The number of piperazine rings is 1. The topological polar surface area (TPSA) is 154 Å². The molecule has 3 aromatic carbocycles. The number of amides is 3. The summed E-state index contributed by atoms with van der Waals surface area (Å²) in [6.45, 7) is 1.19. The summed E-state index contributed by atoms with van der Waals surface area (Å²) in [6, 6.07) is 26.2. The van der Waals surface area contributed by atoms with Crippen LogP contribution in [0.3, 0.4) is 0 Å². The highest BCUT2D eigenvalue weighted by molar-refractivity contribution is 5.97. The first kappa shape index (κ1) is 31.6. The third-order valence-corrected chi connectivity index (χ3v) is 7.59. The molecule has 3 N–H and O–H groups in total. The van der Waals surface area contributed by atoms with E-state index in [9.17, 15) is 24.3 Å². The Labute approximate surface area is 266 Å². The fourth-order valence-corrected chi connectivity index (χ4v) is 5.06. The van der Waals surface area contributed by atoms with E-state index in [-0.39, 0.29) is 44.2 Å². The lowest BCUT2D eigenvalue weighted by molar-refractivity contribution is -0.134. The Kier molecular flexibility index (Phi) is 10.2. The van der Waals surface area contributed by atoms with Crippen LogP contribution < -0.4 is 10.6 Å². The van der Waals surface area contributed by atoms with Crippen molar-refractivity contribution in [2.75, 3.05) is 38.6 Å². The summed E-state index contributed by atoms with van der Waals surface area (Å²) in [7, 11) is 1.30. The second-order valence-corrected chi connectivity index (χ2v) is 10.7. The van der Waals surface area contributed by atoms with Gasteiger partial charge in [-0.3, -0.25) is 9.59 Å². The van der Waals surface area contributed by atoms with Crippen LogP contribution in [0.1, 0.15) is 32.0 Å². The lowest BCUT2D eigenvalue weighted by atomic mass is 10.0. The molecule has 1 aliphatic heterocycles. The van der Waals surface area contributed by atoms with Crippen molar-refractivity contribution in [3.63, 3.8) is 0 Å². The van der Waals surface area contributed by atoms with E-state index in [4.69, 9.17) is 4.74 Å². The highest BCUT2D eigenvalue weighted by atomic mass is 16.5. The standard InChI is InChI=1S/C34H34N6O6/c1-46-33(43)26-14-12-23(13-15-26)20-28(32(42)39-16-18-40(19-17-39)34(44)45)37-31(41)27-21-29(35-22-24-8-4-2-5-9-24)38-30(36-27)25-10-6-3-7-11-25/h2-15,21,28H,16-20,22H2,1H3,(H,37,41)(H,44,45)(H,35,36,38). The number of carbonyl (C=O) groups excluding carboxylic acids is 3. The minimum atomic E-state index is -1.04. The van der Waals surface area contributed by atoms with E-state index < -0.39 is 24.0 Å². The van der Waals surface area contributed by atoms with Crippen LogP contribution in [0.5, 0.6) is 0 Å². The van der Waals surface area contributed by atoms with Gasteiger partial charge in [0, 0.05) is 50.8 Å². The van der Waals surface area contributed by atoms with E-state index in [0.717, 1.165) is 11.1 Å². The number of rotatable bonds is 10. The molecule has 12 nitrogen and oxygen atoms in total. The summed E-state index contributed by atoms with van der Waals surface area (Å²) < 4.78 is 4.78. The van der Waals surface area contributed by atoms with Crippen LogP contribution in [0.15, 0.2) is 91.0 Å². The van der Waals surface area contributed by atoms with Gasteiger partial charge in [0.15, 0.2) is 5.82 Å². The molecule has 0 radical (unpaired) electrons. The van der Waals surface area contributed by atoms with Gasteiger partial charge in [0.25, 0.3) is 5.91 Å². The van der Waals surface area contributed by atoms with E-state index in [1.165, 1.54) is 12.0 Å². The van der Waals surface area contributed by atoms with Crippen LogP contribution in [0.4, 0.5) is 10.6 Å². The number of hydrogen-bond donors (Lipinski definition) is 3. The number of nitrogens with one attached hydrogen (secondary N) is 2. The zero-order chi connectivity index (χ0) is 32.5. The van der Waals surface area contributed by atoms with Crippen LogP contribution in [0.25, 0.3) is 11.4 Å². The average molecular weight is 623 g/mol. The monoisotopic (exact) mass is 622 g/mol. The molecule has 1 unspecified atom stereocenters. The number of hydrogen-bond acceptors (Lipinski definition) is 8. The van der Waals surface area contributed by atoms with Crippen molar-refractivity contribution in [1.29, 1.82) is 0 Å².